The maximum atomic E-state index is 11.9. The lowest BCUT2D eigenvalue weighted by molar-refractivity contribution is 0.0945. The van der Waals surface area contributed by atoms with E-state index in [0.29, 0.717) is 5.92 Å². The number of carbonyl (C=O) groups excluding carboxylic acids is 1. The number of piperidine rings is 1. The van der Waals surface area contributed by atoms with E-state index in [9.17, 15) is 4.79 Å². The highest BCUT2D eigenvalue weighted by molar-refractivity contribution is 7.08. The first-order valence-electron chi connectivity index (χ1n) is 7.58. The molecule has 1 aliphatic rings. The third-order valence-corrected chi connectivity index (χ3v) is 4.74. The molecule has 0 spiro atoms. The minimum absolute atomic E-state index is 0.0353. The van der Waals surface area contributed by atoms with Crippen molar-refractivity contribution in [1.29, 1.82) is 0 Å². The zero-order valence-corrected chi connectivity index (χ0v) is 13.5. The van der Waals surface area contributed by atoms with Crippen LogP contribution in [0.5, 0.6) is 0 Å². The summed E-state index contributed by atoms with van der Waals surface area (Å²) in [5, 5.41) is 15.2. The SMILES string of the molecule is Cc1ccc(N2CCC(CNC(=O)c3ccsc3)CC2)nn1. The molecule has 0 atom stereocenters. The van der Waals surface area contributed by atoms with E-state index in [1.807, 2.05) is 35.9 Å². The summed E-state index contributed by atoms with van der Waals surface area (Å²) in [6.07, 6.45) is 2.14. The number of rotatable bonds is 4. The van der Waals surface area contributed by atoms with Gasteiger partial charge < -0.3 is 10.2 Å². The molecule has 3 rings (SSSR count). The van der Waals surface area contributed by atoms with Gasteiger partial charge in [0.25, 0.3) is 5.91 Å². The van der Waals surface area contributed by atoms with Crippen molar-refractivity contribution in [2.75, 3.05) is 24.5 Å². The van der Waals surface area contributed by atoms with Gasteiger partial charge in [-0.25, -0.2) is 0 Å². The summed E-state index contributed by atoms with van der Waals surface area (Å²) in [7, 11) is 0. The second kappa shape index (κ2) is 6.87. The Labute approximate surface area is 134 Å². The standard InChI is InChI=1S/C16H20N4OS/c1-12-2-3-15(19-18-12)20-7-4-13(5-8-20)10-17-16(21)14-6-9-22-11-14/h2-3,6,9,11,13H,4-5,7-8,10H2,1H3,(H,17,21). The molecule has 1 amide bonds. The molecule has 116 valence electrons. The topological polar surface area (TPSA) is 58.1 Å². The smallest absolute Gasteiger partial charge is 0.252 e. The third-order valence-electron chi connectivity index (χ3n) is 4.06. The van der Waals surface area contributed by atoms with Crippen LogP contribution in [0.3, 0.4) is 0 Å². The van der Waals surface area contributed by atoms with Gasteiger partial charge in [-0.1, -0.05) is 0 Å². The van der Waals surface area contributed by atoms with Crippen molar-refractivity contribution in [1.82, 2.24) is 15.5 Å². The summed E-state index contributed by atoms with van der Waals surface area (Å²) >= 11 is 1.55. The lowest BCUT2D eigenvalue weighted by Crippen LogP contribution is -2.39. The predicted molar refractivity (Wildman–Crippen MR) is 88.4 cm³/mol. The number of thiophene rings is 1. The van der Waals surface area contributed by atoms with Crippen molar-refractivity contribution in [2.45, 2.75) is 19.8 Å². The molecule has 1 aliphatic heterocycles. The highest BCUT2D eigenvalue weighted by Gasteiger charge is 2.21. The van der Waals surface area contributed by atoms with Crippen molar-refractivity contribution in [3.63, 3.8) is 0 Å². The van der Waals surface area contributed by atoms with Crippen LogP contribution in [0.15, 0.2) is 29.0 Å². The van der Waals surface area contributed by atoms with E-state index in [4.69, 9.17) is 0 Å². The first-order chi connectivity index (χ1) is 10.7. The molecule has 0 saturated carbocycles. The molecular formula is C16H20N4OS. The Balaban J connectivity index is 1.45. The summed E-state index contributed by atoms with van der Waals surface area (Å²) in [6, 6.07) is 5.88. The molecule has 0 radical (unpaired) electrons. The van der Waals surface area contributed by atoms with Crippen LogP contribution in [-0.2, 0) is 0 Å². The second-order valence-electron chi connectivity index (χ2n) is 5.69. The van der Waals surface area contributed by atoms with Gasteiger partial charge in [-0.2, -0.15) is 16.4 Å². The van der Waals surface area contributed by atoms with Gasteiger partial charge in [-0.3, -0.25) is 4.79 Å². The number of carbonyl (C=O) groups is 1. The Morgan fingerprint density at radius 2 is 2.14 bits per heavy atom. The van der Waals surface area contributed by atoms with Crippen LogP contribution in [0.4, 0.5) is 5.82 Å². The molecule has 1 N–H and O–H groups in total. The summed E-state index contributed by atoms with van der Waals surface area (Å²) in [4.78, 5) is 14.2. The number of anilines is 1. The van der Waals surface area contributed by atoms with Gasteiger partial charge in [-0.15, -0.1) is 5.10 Å². The minimum Gasteiger partial charge on any atom is -0.355 e. The summed E-state index contributed by atoms with van der Waals surface area (Å²) < 4.78 is 0. The zero-order valence-electron chi connectivity index (χ0n) is 12.7. The van der Waals surface area contributed by atoms with E-state index in [-0.39, 0.29) is 5.91 Å². The minimum atomic E-state index is 0.0353. The summed E-state index contributed by atoms with van der Waals surface area (Å²) in [5.74, 6) is 1.52. The Hall–Kier alpha value is -1.95. The Bertz CT molecular complexity index is 604. The highest BCUT2D eigenvalue weighted by Crippen LogP contribution is 2.21. The van der Waals surface area contributed by atoms with E-state index in [1.165, 1.54) is 0 Å². The quantitative estimate of drug-likeness (QED) is 0.941. The van der Waals surface area contributed by atoms with E-state index in [1.54, 1.807) is 11.3 Å². The van der Waals surface area contributed by atoms with Crippen LogP contribution in [-0.4, -0.2) is 35.7 Å². The molecular weight excluding hydrogens is 296 g/mol. The second-order valence-corrected chi connectivity index (χ2v) is 6.47. The Morgan fingerprint density at radius 1 is 1.32 bits per heavy atom. The number of hydrogen-bond acceptors (Lipinski definition) is 5. The monoisotopic (exact) mass is 316 g/mol. The first kappa shape index (κ1) is 15.0. The predicted octanol–water partition coefficient (Wildman–Crippen LogP) is 2.49. The van der Waals surface area contributed by atoms with E-state index in [0.717, 1.165) is 49.6 Å². The third kappa shape index (κ3) is 3.62. The van der Waals surface area contributed by atoms with E-state index in [2.05, 4.69) is 20.4 Å². The first-order valence-corrected chi connectivity index (χ1v) is 8.52. The van der Waals surface area contributed by atoms with Crippen molar-refractivity contribution in [2.24, 2.45) is 5.92 Å². The molecule has 1 saturated heterocycles. The molecule has 0 aliphatic carbocycles. The molecule has 1 fully saturated rings. The molecule has 0 unspecified atom stereocenters. The van der Waals surface area contributed by atoms with Crippen molar-refractivity contribution < 1.29 is 4.79 Å². The molecule has 6 heteroatoms. The van der Waals surface area contributed by atoms with Gasteiger partial charge >= 0.3 is 0 Å². The van der Waals surface area contributed by atoms with Crippen molar-refractivity contribution >= 4 is 23.1 Å². The normalized spacial score (nSPS) is 15.8. The van der Waals surface area contributed by atoms with Crippen LogP contribution in [0.25, 0.3) is 0 Å². The molecule has 0 aromatic carbocycles. The van der Waals surface area contributed by atoms with Crippen LogP contribution in [0.1, 0.15) is 28.9 Å². The Kier molecular flexibility index (Phi) is 4.68. The van der Waals surface area contributed by atoms with Gasteiger partial charge in [-0.05, 0) is 49.3 Å². The van der Waals surface area contributed by atoms with Crippen molar-refractivity contribution in [3.8, 4) is 0 Å². The van der Waals surface area contributed by atoms with Crippen LogP contribution in [0, 0.1) is 12.8 Å². The van der Waals surface area contributed by atoms with Crippen LogP contribution in [0.2, 0.25) is 0 Å². The summed E-state index contributed by atoms with van der Waals surface area (Å²) in [5.41, 5.74) is 1.70. The molecule has 2 aromatic heterocycles. The number of amides is 1. The molecule has 3 heterocycles. The molecule has 2 aromatic rings. The molecule has 5 nitrogen and oxygen atoms in total. The number of aryl methyl sites for hydroxylation is 1. The van der Waals surface area contributed by atoms with Gasteiger partial charge in [0.05, 0.1) is 5.69 Å². The number of nitrogens with one attached hydrogen (secondary N) is 1. The van der Waals surface area contributed by atoms with Gasteiger partial charge in [0.15, 0.2) is 5.82 Å². The highest BCUT2D eigenvalue weighted by atomic mass is 32.1. The number of hydrogen-bond donors (Lipinski definition) is 1. The molecule has 22 heavy (non-hydrogen) atoms. The van der Waals surface area contributed by atoms with E-state index < -0.39 is 0 Å². The average molecular weight is 316 g/mol. The zero-order chi connectivity index (χ0) is 15.4. The maximum Gasteiger partial charge on any atom is 0.252 e. The molecule has 0 bridgehead atoms. The number of nitrogens with zero attached hydrogens (tertiary/aromatic N) is 3. The lowest BCUT2D eigenvalue weighted by atomic mass is 9.96. The van der Waals surface area contributed by atoms with Gasteiger partial charge in [0.2, 0.25) is 0 Å². The summed E-state index contributed by atoms with van der Waals surface area (Å²) in [6.45, 7) is 4.63. The van der Waals surface area contributed by atoms with Crippen molar-refractivity contribution in [3.05, 3.63) is 40.2 Å². The maximum absolute atomic E-state index is 11.9. The largest absolute Gasteiger partial charge is 0.355 e. The van der Waals surface area contributed by atoms with Crippen LogP contribution >= 0.6 is 11.3 Å². The fourth-order valence-corrected chi connectivity index (χ4v) is 3.30. The van der Waals surface area contributed by atoms with Gasteiger partial charge in [0.1, 0.15) is 0 Å². The van der Waals surface area contributed by atoms with E-state index >= 15 is 0 Å². The average Bonchev–Trinajstić information content (AvgIpc) is 3.08. The van der Waals surface area contributed by atoms with Gasteiger partial charge in [0, 0.05) is 30.6 Å². The fraction of sp³-hybridized carbons (Fsp3) is 0.438. The number of aromatic nitrogens is 2. The Morgan fingerprint density at radius 3 is 2.77 bits per heavy atom. The fourth-order valence-electron chi connectivity index (χ4n) is 2.66. The lowest BCUT2D eigenvalue weighted by Gasteiger charge is -2.32. The van der Waals surface area contributed by atoms with Crippen LogP contribution < -0.4 is 10.2 Å².